The van der Waals surface area contributed by atoms with Crippen molar-refractivity contribution in [3.05, 3.63) is 0 Å². The first-order valence-corrected chi connectivity index (χ1v) is 4.39. The van der Waals surface area contributed by atoms with Crippen LogP contribution in [0.1, 0.15) is 40.0 Å². The molecule has 0 spiro atoms. The molecule has 0 aliphatic heterocycles. The first-order valence-electron chi connectivity index (χ1n) is 4.39. The highest BCUT2D eigenvalue weighted by Crippen LogP contribution is 2.54. The van der Waals surface area contributed by atoms with Gasteiger partial charge in [-0.1, -0.05) is 20.3 Å². The van der Waals surface area contributed by atoms with Crippen LogP contribution in [0.25, 0.3) is 0 Å². The van der Waals surface area contributed by atoms with Crippen LogP contribution in [0, 0.1) is 11.3 Å². The molecule has 2 unspecified atom stereocenters. The van der Waals surface area contributed by atoms with Gasteiger partial charge in [0, 0.05) is 6.04 Å². The zero-order valence-electron chi connectivity index (χ0n) is 7.35. The highest BCUT2D eigenvalue weighted by molar-refractivity contribution is 5.01. The van der Waals surface area contributed by atoms with Gasteiger partial charge in [-0.15, -0.1) is 0 Å². The standard InChI is InChI=1S/C9H19N/c1-4-7(2)9(5-6-9)8(3)10/h7-8H,4-6,10H2,1-3H3. The van der Waals surface area contributed by atoms with Crippen LogP contribution in [0.4, 0.5) is 0 Å². The van der Waals surface area contributed by atoms with Gasteiger partial charge in [0.2, 0.25) is 0 Å². The maximum atomic E-state index is 5.91. The Kier molecular flexibility index (Phi) is 2.04. The number of rotatable bonds is 3. The second-order valence-electron chi connectivity index (χ2n) is 3.83. The Morgan fingerprint density at radius 3 is 2.00 bits per heavy atom. The summed E-state index contributed by atoms with van der Waals surface area (Å²) in [5.41, 5.74) is 6.45. The molecular formula is C9H19N. The molecule has 0 saturated heterocycles. The smallest absolute Gasteiger partial charge is 0.00695 e. The second-order valence-corrected chi connectivity index (χ2v) is 3.83. The van der Waals surface area contributed by atoms with Crippen LogP contribution in [0.15, 0.2) is 0 Å². The van der Waals surface area contributed by atoms with Crippen LogP contribution < -0.4 is 5.73 Å². The molecule has 1 aliphatic rings. The van der Waals surface area contributed by atoms with E-state index >= 15 is 0 Å². The molecule has 10 heavy (non-hydrogen) atoms. The summed E-state index contributed by atoms with van der Waals surface area (Å²) in [7, 11) is 0. The maximum absolute atomic E-state index is 5.91. The molecule has 1 heteroatoms. The van der Waals surface area contributed by atoms with Crippen molar-refractivity contribution in [1.29, 1.82) is 0 Å². The molecular weight excluding hydrogens is 122 g/mol. The minimum Gasteiger partial charge on any atom is -0.327 e. The van der Waals surface area contributed by atoms with E-state index in [0.29, 0.717) is 11.5 Å². The van der Waals surface area contributed by atoms with E-state index < -0.39 is 0 Å². The third-order valence-electron chi connectivity index (χ3n) is 3.33. The molecule has 0 amide bonds. The minimum atomic E-state index is 0.405. The molecule has 0 aromatic carbocycles. The van der Waals surface area contributed by atoms with Crippen LogP contribution in [-0.2, 0) is 0 Å². The fourth-order valence-electron chi connectivity index (χ4n) is 1.95. The first-order chi connectivity index (χ1) is 4.63. The van der Waals surface area contributed by atoms with Crippen LogP contribution in [0.3, 0.4) is 0 Å². The van der Waals surface area contributed by atoms with Crippen LogP contribution >= 0.6 is 0 Å². The van der Waals surface area contributed by atoms with Crippen molar-refractivity contribution in [2.45, 2.75) is 46.1 Å². The molecule has 0 bridgehead atoms. The molecule has 0 radical (unpaired) electrons. The molecule has 0 aromatic heterocycles. The molecule has 1 aliphatic carbocycles. The van der Waals surface area contributed by atoms with E-state index in [1.165, 1.54) is 19.3 Å². The second kappa shape index (κ2) is 2.54. The van der Waals surface area contributed by atoms with E-state index in [9.17, 15) is 0 Å². The number of nitrogens with two attached hydrogens (primary N) is 1. The molecule has 0 heterocycles. The zero-order chi connectivity index (χ0) is 7.78. The summed E-state index contributed by atoms with van der Waals surface area (Å²) in [4.78, 5) is 0. The lowest BCUT2D eigenvalue weighted by molar-refractivity contribution is 0.277. The minimum absolute atomic E-state index is 0.405. The van der Waals surface area contributed by atoms with Crippen molar-refractivity contribution in [2.24, 2.45) is 17.1 Å². The van der Waals surface area contributed by atoms with E-state index in [-0.39, 0.29) is 0 Å². The molecule has 2 N–H and O–H groups in total. The SMILES string of the molecule is CCC(C)C1(C(C)N)CC1. The van der Waals surface area contributed by atoms with E-state index in [4.69, 9.17) is 5.73 Å². The third kappa shape index (κ3) is 1.07. The van der Waals surface area contributed by atoms with Gasteiger partial charge in [-0.25, -0.2) is 0 Å². The van der Waals surface area contributed by atoms with Gasteiger partial charge in [0.15, 0.2) is 0 Å². The van der Waals surface area contributed by atoms with Crippen molar-refractivity contribution in [3.63, 3.8) is 0 Å². The topological polar surface area (TPSA) is 26.0 Å². The number of hydrogen-bond donors (Lipinski definition) is 1. The lowest BCUT2D eigenvalue weighted by Crippen LogP contribution is -2.32. The Morgan fingerprint density at radius 2 is 1.90 bits per heavy atom. The molecule has 1 fully saturated rings. The normalized spacial score (nSPS) is 27.6. The van der Waals surface area contributed by atoms with Crippen molar-refractivity contribution in [3.8, 4) is 0 Å². The van der Waals surface area contributed by atoms with Gasteiger partial charge in [-0.05, 0) is 31.1 Å². The quantitative estimate of drug-likeness (QED) is 0.640. The third-order valence-corrected chi connectivity index (χ3v) is 3.33. The highest BCUT2D eigenvalue weighted by Gasteiger charge is 2.49. The molecule has 1 nitrogen and oxygen atoms in total. The van der Waals surface area contributed by atoms with Crippen LogP contribution in [-0.4, -0.2) is 6.04 Å². The molecule has 2 atom stereocenters. The monoisotopic (exact) mass is 141 g/mol. The van der Waals surface area contributed by atoms with Gasteiger partial charge < -0.3 is 5.73 Å². The largest absolute Gasteiger partial charge is 0.327 e. The first kappa shape index (κ1) is 8.06. The maximum Gasteiger partial charge on any atom is 0.00695 e. The zero-order valence-corrected chi connectivity index (χ0v) is 7.35. The van der Waals surface area contributed by atoms with Gasteiger partial charge in [-0.3, -0.25) is 0 Å². The van der Waals surface area contributed by atoms with E-state index in [1.54, 1.807) is 0 Å². The fraction of sp³-hybridized carbons (Fsp3) is 1.00. The Balaban J connectivity index is 2.51. The average Bonchev–Trinajstić information content (AvgIpc) is 2.65. The molecule has 1 saturated carbocycles. The van der Waals surface area contributed by atoms with Crippen molar-refractivity contribution >= 4 is 0 Å². The summed E-state index contributed by atoms with van der Waals surface area (Å²) in [5, 5.41) is 0. The summed E-state index contributed by atoms with van der Waals surface area (Å²) in [6, 6.07) is 0.405. The fourth-order valence-corrected chi connectivity index (χ4v) is 1.95. The predicted octanol–water partition coefficient (Wildman–Crippen LogP) is 2.16. The Bertz CT molecular complexity index is 114. The summed E-state index contributed by atoms with van der Waals surface area (Å²) in [6.07, 6.45) is 4.00. The van der Waals surface area contributed by atoms with Crippen LogP contribution in [0.2, 0.25) is 0 Å². The van der Waals surface area contributed by atoms with E-state index in [1.807, 2.05) is 0 Å². The van der Waals surface area contributed by atoms with Crippen LogP contribution in [0.5, 0.6) is 0 Å². The van der Waals surface area contributed by atoms with Gasteiger partial charge >= 0.3 is 0 Å². The lowest BCUT2D eigenvalue weighted by Gasteiger charge is -2.25. The summed E-state index contributed by atoms with van der Waals surface area (Å²) < 4.78 is 0. The molecule has 1 rings (SSSR count). The van der Waals surface area contributed by atoms with E-state index in [0.717, 1.165) is 5.92 Å². The van der Waals surface area contributed by atoms with Crippen molar-refractivity contribution < 1.29 is 0 Å². The van der Waals surface area contributed by atoms with Gasteiger partial charge in [0.25, 0.3) is 0 Å². The Hall–Kier alpha value is -0.0400. The van der Waals surface area contributed by atoms with Crippen molar-refractivity contribution in [2.75, 3.05) is 0 Å². The summed E-state index contributed by atoms with van der Waals surface area (Å²) in [5.74, 6) is 0.826. The number of hydrogen-bond acceptors (Lipinski definition) is 1. The van der Waals surface area contributed by atoms with Gasteiger partial charge in [-0.2, -0.15) is 0 Å². The highest BCUT2D eigenvalue weighted by atomic mass is 14.7. The van der Waals surface area contributed by atoms with Crippen molar-refractivity contribution in [1.82, 2.24) is 0 Å². The van der Waals surface area contributed by atoms with E-state index in [2.05, 4.69) is 20.8 Å². The van der Waals surface area contributed by atoms with Gasteiger partial charge in [0.1, 0.15) is 0 Å². The summed E-state index contributed by atoms with van der Waals surface area (Å²) >= 11 is 0. The molecule has 0 aromatic rings. The predicted molar refractivity (Wildman–Crippen MR) is 44.8 cm³/mol. The Labute approximate surface area is 64.0 Å². The molecule has 60 valence electrons. The summed E-state index contributed by atoms with van der Waals surface area (Å²) in [6.45, 7) is 6.74. The Morgan fingerprint density at radius 1 is 1.40 bits per heavy atom. The lowest BCUT2D eigenvalue weighted by atomic mass is 9.83. The van der Waals surface area contributed by atoms with Gasteiger partial charge in [0.05, 0.1) is 0 Å². The average molecular weight is 141 g/mol.